The summed E-state index contributed by atoms with van der Waals surface area (Å²) >= 11 is 0. The Bertz CT molecular complexity index is 1360. The average molecular weight is 491 g/mol. The van der Waals surface area contributed by atoms with Crippen molar-refractivity contribution in [3.8, 4) is 11.4 Å². The van der Waals surface area contributed by atoms with Crippen molar-refractivity contribution in [1.29, 1.82) is 0 Å². The van der Waals surface area contributed by atoms with Crippen molar-refractivity contribution in [2.75, 3.05) is 17.1 Å². The summed E-state index contributed by atoms with van der Waals surface area (Å²) in [6, 6.07) is 24.0. The number of rotatable bonds is 10. The number of imidazole rings is 1. The van der Waals surface area contributed by atoms with Crippen LogP contribution in [0.3, 0.4) is 0 Å². The van der Waals surface area contributed by atoms with Gasteiger partial charge in [-0.15, -0.1) is 0 Å². The maximum atomic E-state index is 12.7. The highest BCUT2D eigenvalue weighted by atomic mass is 32.2. The summed E-state index contributed by atoms with van der Waals surface area (Å²) in [7, 11) is -3.69. The van der Waals surface area contributed by atoms with Crippen molar-refractivity contribution in [1.82, 2.24) is 14.9 Å². The lowest BCUT2D eigenvalue weighted by Crippen LogP contribution is -2.40. The molecule has 9 heteroatoms. The molecule has 1 N–H and O–H groups in total. The first-order valence-corrected chi connectivity index (χ1v) is 12.8. The molecule has 0 radical (unpaired) electrons. The Labute approximate surface area is 204 Å². The second-order valence-electron chi connectivity index (χ2n) is 7.91. The number of sulfonamides is 1. The molecule has 0 aliphatic carbocycles. The van der Waals surface area contributed by atoms with Gasteiger partial charge >= 0.3 is 0 Å². The molecule has 0 unspecified atom stereocenters. The molecule has 0 fully saturated rings. The Hall–Kier alpha value is -4.11. The van der Waals surface area contributed by atoms with Gasteiger partial charge in [0.05, 0.1) is 24.0 Å². The van der Waals surface area contributed by atoms with Crippen molar-refractivity contribution >= 4 is 21.6 Å². The zero-order chi connectivity index (χ0) is 24.7. The normalized spacial score (nSPS) is 11.1. The van der Waals surface area contributed by atoms with Gasteiger partial charge in [-0.1, -0.05) is 48.5 Å². The van der Waals surface area contributed by atoms with E-state index >= 15 is 0 Å². The van der Waals surface area contributed by atoms with Crippen LogP contribution in [0, 0.1) is 0 Å². The molecule has 1 heterocycles. The Balaban J connectivity index is 1.40. The summed E-state index contributed by atoms with van der Waals surface area (Å²) in [6.07, 6.45) is 6.25. The first-order chi connectivity index (χ1) is 16.9. The van der Waals surface area contributed by atoms with Gasteiger partial charge in [0.1, 0.15) is 18.9 Å². The first kappa shape index (κ1) is 24.0. The zero-order valence-electron chi connectivity index (χ0n) is 19.2. The molecule has 0 saturated carbocycles. The van der Waals surface area contributed by atoms with Crippen LogP contribution in [0.5, 0.6) is 5.75 Å². The topological polar surface area (TPSA) is 93.5 Å². The number of nitrogens with one attached hydrogen (secondary N) is 1. The number of benzene rings is 3. The van der Waals surface area contributed by atoms with E-state index in [0.29, 0.717) is 18.0 Å². The Morgan fingerprint density at radius 2 is 1.71 bits per heavy atom. The summed E-state index contributed by atoms with van der Waals surface area (Å²) in [5, 5.41) is 2.82. The van der Waals surface area contributed by atoms with Gasteiger partial charge in [-0.2, -0.15) is 0 Å². The monoisotopic (exact) mass is 490 g/mol. The smallest absolute Gasteiger partial charge is 0.241 e. The summed E-state index contributed by atoms with van der Waals surface area (Å²) in [5.74, 6) is 0.187. The number of nitrogens with zero attached hydrogens (tertiary/aromatic N) is 3. The lowest BCUT2D eigenvalue weighted by atomic mass is 10.1. The summed E-state index contributed by atoms with van der Waals surface area (Å²) in [6.45, 7) is 0.312. The molecular formula is C26H26N4O4S. The molecule has 1 amide bonds. The molecule has 8 nitrogen and oxygen atoms in total. The molecule has 0 spiro atoms. The highest BCUT2D eigenvalue weighted by Gasteiger charge is 2.21. The number of aromatic nitrogens is 2. The highest BCUT2D eigenvalue weighted by Crippen LogP contribution is 2.22. The van der Waals surface area contributed by atoms with Gasteiger partial charge in [0.25, 0.3) is 0 Å². The molecule has 4 rings (SSSR count). The Morgan fingerprint density at radius 3 is 2.40 bits per heavy atom. The zero-order valence-corrected chi connectivity index (χ0v) is 20.1. The molecule has 0 aliphatic rings. The predicted octanol–water partition coefficient (Wildman–Crippen LogP) is 3.53. The Kier molecular flexibility index (Phi) is 7.47. The fourth-order valence-corrected chi connectivity index (χ4v) is 4.40. The third-order valence-corrected chi connectivity index (χ3v) is 6.45. The highest BCUT2D eigenvalue weighted by molar-refractivity contribution is 7.92. The van der Waals surface area contributed by atoms with Crippen LogP contribution in [0.2, 0.25) is 0 Å². The second kappa shape index (κ2) is 10.9. The molecule has 1 aromatic heterocycles. The van der Waals surface area contributed by atoms with E-state index in [4.69, 9.17) is 4.74 Å². The standard InChI is InChI=1S/C26H26N4O4S/c1-35(32,33)30(23-11-13-24(14-12-23)34-19-21-7-3-2-4-8-21)18-26(31)28-17-22-9-5-6-10-25(22)29-16-15-27-20-29/h2-16,20H,17-19H2,1H3,(H,28,31). The van der Waals surface area contributed by atoms with Crippen molar-refractivity contribution in [2.45, 2.75) is 13.2 Å². The minimum atomic E-state index is -3.69. The van der Waals surface area contributed by atoms with E-state index in [1.807, 2.05) is 65.4 Å². The van der Waals surface area contributed by atoms with E-state index in [1.165, 1.54) is 0 Å². The summed E-state index contributed by atoms with van der Waals surface area (Å²) in [5.41, 5.74) is 3.18. The fourth-order valence-electron chi connectivity index (χ4n) is 3.54. The van der Waals surface area contributed by atoms with Crippen molar-refractivity contribution in [3.05, 3.63) is 109 Å². The predicted molar refractivity (Wildman–Crippen MR) is 135 cm³/mol. The maximum Gasteiger partial charge on any atom is 0.241 e. The van der Waals surface area contributed by atoms with Gasteiger partial charge in [-0.05, 0) is 41.5 Å². The average Bonchev–Trinajstić information content (AvgIpc) is 3.40. The van der Waals surface area contributed by atoms with Crippen LogP contribution >= 0.6 is 0 Å². The molecule has 35 heavy (non-hydrogen) atoms. The number of carbonyl (C=O) groups excluding carboxylic acids is 1. The minimum absolute atomic E-state index is 0.247. The van der Waals surface area contributed by atoms with Gasteiger partial charge in [0.15, 0.2) is 0 Å². The molecule has 4 aromatic rings. The molecule has 0 bridgehead atoms. The van der Waals surface area contributed by atoms with E-state index < -0.39 is 15.9 Å². The van der Waals surface area contributed by atoms with E-state index in [1.54, 1.807) is 36.8 Å². The van der Waals surface area contributed by atoms with Gasteiger partial charge in [-0.25, -0.2) is 13.4 Å². The van der Waals surface area contributed by atoms with Crippen LogP contribution in [0.4, 0.5) is 5.69 Å². The second-order valence-corrected chi connectivity index (χ2v) is 9.82. The number of ether oxygens (including phenoxy) is 1. The number of hydrogen-bond acceptors (Lipinski definition) is 5. The molecule has 0 aliphatic heterocycles. The van der Waals surface area contributed by atoms with Gasteiger partial charge < -0.3 is 14.6 Å². The molecule has 0 atom stereocenters. The first-order valence-electron chi connectivity index (χ1n) is 11.0. The van der Waals surface area contributed by atoms with Crippen LogP contribution in [-0.2, 0) is 28.0 Å². The Morgan fingerprint density at radius 1 is 1.00 bits per heavy atom. The van der Waals surface area contributed by atoms with Gasteiger partial charge in [-0.3, -0.25) is 9.10 Å². The SMILES string of the molecule is CS(=O)(=O)N(CC(=O)NCc1ccccc1-n1ccnc1)c1ccc(OCc2ccccc2)cc1. The molecular weight excluding hydrogens is 464 g/mol. The van der Waals surface area contributed by atoms with Crippen LogP contribution in [0.25, 0.3) is 5.69 Å². The number of carbonyl (C=O) groups is 1. The molecule has 180 valence electrons. The van der Waals surface area contributed by atoms with Crippen LogP contribution in [0.15, 0.2) is 97.6 Å². The van der Waals surface area contributed by atoms with E-state index in [0.717, 1.165) is 27.4 Å². The van der Waals surface area contributed by atoms with Crippen molar-refractivity contribution < 1.29 is 17.9 Å². The lowest BCUT2D eigenvalue weighted by Gasteiger charge is -2.22. The van der Waals surface area contributed by atoms with E-state index in [2.05, 4.69) is 10.3 Å². The van der Waals surface area contributed by atoms with Crippen LogP contribution < -0.4 is 14.4 Å². The quantitative estimate of drug-likeness (QED) is 0.367. The molecule has 0 saturated heterocycles. The number of hydrogen-bond donors (Lipinski definition) is 1. The van der Waals surface area contributed by atoms with Crippen molar-refractivity contribution in [2.24, 2.45) is 0 Å². The van der Waals surface area contributed by atoms with Crippen molar-refractivity contribution in [3.63, 3.8) is 0 Å². The van der Waals surface area contributed by atoms with E-state index in [-0.39, 0.29) is 13.1 Å². The number of para-hydroxylation sites is 1. The maximum absolute atomic E-state index is 12.7. The van der Waals surface area contributed by atoms with Crippen LogP contribution in [0.1, 0.15) is 11.1 Å². The summed E-state index contributed by atoms with van der Waals surface area (Å²) in [4.78, 5) is 16.8. The molecule has 3 aromatic carbocycles. The number of anilines is 1. The van der Waals surface area contributed by atoms with Crippen LogP contribution in [-0.4, -0.2) is 36.7 Å². The summed E-state index contributed by atoms with van der Waals surface area (Å²) < 4.78 is 33.6. The van der Waals surface area contributed by atoms with E-state index in [9.17, 15) is 13.2 Å². The minimum Gasteiger partial charge on any atom is -0.489 e. The fraction of sp³-hybridized carbons (Fsp3) is 0.154. The largest absolute Gasteiger partial charge is 0.489 e. The lowest BCUT2D eigenvalue weighted by molar-refractivity contribution is -0.119. The number of amides is 1. The third-order valence-electron chi connectivity index (χ3n) is 5.31. The third kappa shape index (κ3) is 6.48. The van der Waals surface area contributed by atoms with Gasteiger partial charge in [0, 0.05) is 18.9 Å². The van der Waals surface area contributed by atoms with Gasteiger partial charge in [0.2, 0.25) is 15.9 Å².